The molecule has 0 spiro atoms. The van der Waals surface area contributed by atoms with Gasteiger partial charge in [0.1, 0.15) is 0 Å². The lowest BCUT2D eigenvalue weighted by molar-refractivity contribution is -0.144. The van der Waals surface area contributed by atoms with E-state index in [0.29, 0.717) is 5.56 Å². The van der Waals surface area contributed by atoms with Crippen molar-refractivity contribution in [1.82, 2.24) is 15.1 Å². The predicted octanol–water partition coefficient (Wildman–Crippen LogP) is 4.44. The molecule has 1 atom stereocenters. The molecular weight excluding hydrogens is 411 g/mol. The number of nitrogens with zero attached hydrogens (tertiary/aromatic N) is 2. The molecular formula is C15H14BrClF3N3O. The van der Waals surface area contributed by atoms with Crippen molar-refractivity contribution in [3.63, 3.8) is 0 Å². The van der Waals surface area contributed by atoms with Gasteiger partial charge in [-0.25, -0.2) is 0 Å². The Morgan fingerprint density at radius 2 is 2.12 bits per heavy atom. The summed E-state index contributed by atoms with van der Waals surface area (Å²) in [5.74, 6) is -0.364. The van der Waals surface area contributed by atoms with Crippen LogP contribution < -0.4 is 5.32 Å². The second-order valence-electron chi connectivity index (χ2n) is 5.38. The van der Waals surface area contributed by atoms with Crippen LogP contribution in [0.15, 0.2) is 28.7 Å². The fourth-order valence-electron chi connectivity index (χ4n) is 2.21. The lowest BCUT2D eigenvalue weighted by Crippen LogP contribution is -2.36. The quantitative estimate of drug-likeness (QED) is 0.788. The fraction of sp³-hybridized carbons (Fsp3) is 0.333. The summed E-state index contributed by atoms with van der Waals surface area (Å²) in [5, 5.41) is 6.05. The highest BCUT2D eigenvalue weighted by molar-refractivity contribution is 9.10. The number of halogens is 5. The Balaban J connectivity index is 2.14. The van der Waals surface area contributed by atoms with Crippen LogP contribution in [0.2, 0.25) is 5.15 Å². The standard InChI is InChI=1S/C15H14BrClF3N3O/c1-8-4-3-5-10(6-8)14(24)21-9(2)7-23-12(15(18,19)20)11(16)13(17)22-23/h3-6,9H,7H2,1-2H3,(H,21,24)/t9-/m0/s1. The summed E-state index contributed by atoms with van der Waals surface area (Å²) < 4.78 is 39.8. The lowest BCUT2D eigenvalue weighted by Gasteiger charge is -2.17. The monoisotopic (exact) mass is 423 g/mol. The highest BCUT2D eigenvalue weighted by Gasteiger charge is 2.39. The first-order chi connectivity index (χ1) is 11.1. The maximum absolute atomic E-state index is 13.1. The molecule has 24 heavy (non-hydrogen) atoms. The molecule has 0 aliphatic heterocycles. The zero-order chi connectivity index (χ0) is 18.1. The minimum absolute atomic E-state index is 0.169. The van der Waals surface area contributed by atoms with Crippen molar-refractivity contribution in [3.8, 4) is 0 Å². The molecule has 1 N–H and O–H groups in total. The van der Waals surface area contributed by atoms with E-state index in [1.807, 2.05) is 13.0 Å². The van der Waals surface area contributed by atoms with Crippen LogP contribution in [0.3, 0.4) is 0 Å². The third-order valence-electron chi connectivity index (χ3n) is 3.23. The summed E-state index contributed by atoms with van der Waals surface area (Å²) in [4.78, 5) is 12.2. The third-order valence-corrected chi connectivity index (χ3v) is 4.47. The zero-order valence-electron chi connectivity index (χ0n) is 12.8. The van der Waals surface area contributed by atoms with Crippen LogP contribution in [0, 0.1) is 6.92 Å². The number of amides is 1. The summed E-state index contributed by atoms with van der Waals surface area (Å²) in [6.07, 6.45) is -4.61. The van der Waals surface area contributed by atoms with E-state index >= 15 is 0 Å². The molecule has 1 amide bonds. The number of hydrogen-bond acceptors (Lipinski definition) is 2. The van der Waals surface area contributed by atoms with E-state index in [0.717, 1.165) is 10.2 Å². The van der Waals surface area contributed by atoms with E-state index in [9.17, 15) is 18.0 Å². The number of hydrogen-bond donors (Lipinski definition) is 1. The maximum atomic E-state index is 13.1. The Kier molecular flexibility index (Phi) is 5.59. The number of benzene rings is 1. The molecule has 1 heterocycles. The van der Waals surface area contributed by atoms with E-state index in [1.165, 1.54) is 0 Å². The number of carbonyl (C=O) groups excluding carboxylic acids is 1. The first kappa shape index (κ1) is 18.8. The molecule has 0 aliphatic rings. The molecule has 0 saturated heterocycles. The van der Waals surface area contributed by atoms with E-state index in [2.05, 4.69) is 26.3 Å². The van der Waals surface area contributed by atoms with Gasteiger partial charge >= 0.3 is 6.18 Å². The Labute approximate surface area is 150 Å². The second-order valence-corrected chi connectivity index (χ2v) is 6.53. The van der Waals surface area contributed by atoms with E-state index in [1.54, 1.807) is 25.1 Å². The first-order valence-electron chi connectivity index (χ1n) is 6.96. The number of carbonyl (C=O) groups is 1. The van der Waals surface area contributed by atoms with Gasteiger partial charge < -0.3 is 5.32 Å². The summed E-state index contributed by atoms with van der Waals surface area (Å²) in [6.45, 7) is 3.27. The molecule has 1 aromatic heterocycles. The Hall–Kier alpha value is -1.54. The number of aryl methyl sites for hydroxylation is 1. The van der Waals surface area contributed by atoms with Crippen LogP contribution in [-0.4, -0.2) is 21.7 Å². The molecule has 9 heteroatoms. The van der Waals surface area contributed by atoms with Gasteiger partial charge in [0.05, 0.1) is 11.0 Å². The van der Waals surface area contributed by atoms with Crippen molar-refractivity contribution < 1.29 is 18.0 Å². The molecule has 0 aliphatic carbocycles. The normalized spacial score (nSPS) is 13.0. The molecule has 2 rings (SSSR count). The van der Waals surface area contributed by atoms with E-state index < -0.39 is 17.9 Å². The van der Waals surface area contributed by atoms with Crippen molar-refractivity contribution in [1.29, 1.82) is 0 Å². The molecule has 0 unspecified atom stereocenters. The minimum Gasteiger partial charge on any atom is -0.348 e. The molecule has 130 valence electrons. The smallest absolute Gasteiger partial charge is 0.348 e. The van der Waals surface area contributed by atoms with Gasteiger partial charge in [0.15, 0.2) is 10.8 Å². The van der Waals surface area contributed by atoms with Crippen molar-refractivity contribution in [3.05, 3.63) is 50.7 Å². The van der Waals surface area contributed by atoms with Crippen molar-refractivity contribution in [2.75, 3.05) is 0 Å². The van der Waals surface area contributed by atoms with E-state index in [-0.39, 0.29) is 22.1 Å². The number of alkyl halides is 3. The van der Waals surface area contributed by atoms with Gasteiger partial charge in [-0.3, -0.25) is 9.48 Å². The van der Waals surface area contributed by atoms with Crippen LogP contribution in [0.25, 0.3) is 0 Å². The van der Waals surface area contributed by atoms with Gasteiger partial charge in [-0.15, -0.1) is 0 Å². The van der Waals surface area contributed by atoms with Crippen molar-refractivity contribution >= 4 is 33.4 Å². The van der Waals surface area contributed by atoms with E-state index in [4.69, 9.17) is 11.6 Å². The van der Waals surface area contributed by atoms with Gasteiger partial charge in [-0.1, -0.05) is 29.3 Å². The van der Waals surface area contributed by atoms with Gasteiger partial charge in [-0.2, -0.15) is 18.3 Å². The highest BCUT2D eigenvalue weighted by Crippen LogP contribution is 2.38. The molecule has 2 aromatic rings. The Morgan fingerprint density at radius 3 is 2.71 bits per heavy atom. The summed E-state index contributed by atoms with van der Waals surface area (Å²) in [6, 6.07) is 6.34. The number of rotatable bonds is 4. The average Bonchev–Trinajstić information content (AvgIpc) is 2.72. The molecule has 0 saturated carbocycles. The Bertz CT molecular complexity index is 761. The average molecular weight is 425 g/mol. The highest BCUT2D eigenvalue weighted by atomic mass is 79.9. The van der Waals surface area contributed by atoms with Crippen LogP contribution in [0.4, 0.5) is 13.2 Å². The van der Waals surface area contributed by atoms with Crippen LogP contribution >= 0.6 is 27.5 Å². The first-order valence-corrected chi connectivity index (χ1v) is 8.13. The Morgan fingerprint density at radius 1 is 1.46 bits per heavy atom. The minimum atomic E-state index is -4.61. The summed E-state index contributed by atoms with van der Waals surface area (Å²) in [7, 11) is 0. The van der Waals surface area contributed by atoms with Crippen LogP contribution in [-0.2, 0) is 12.7 Å². The van der Waals surface area contributed by atoms with Crippen molar-refractivity contribution in [2.45, 2.75) is 32.6 Å². The lowest BCUT2D eigenvalue weighted by atomic mass is 10.1. The third kappa shape index (κ3) is 4.30. The van der Waals surface area contributed by atoms with Crippen molar-refractivity contribution in [2.24, 2.45) is 0 Å². The topological polar surface area (TPSA) is 46.9 Å². The largest absolute Gasteiger partial charge is 0.434 e. The van der Waals surface area contributed by atoms with Crippen LogP contribution in [0.5, 0.6) is 0 Å². The summed E-state index contributed by atoms with van der Waals surface area (Å²) in [5.41, 5.74) is 0.374. The van der Waals surface area contributed by atoms with Gasteiger partial charge in [0.25, 0.3) is 5.91 Å². The number of aromatic nitrogens is 2. The summed E-state index contributed by atoms with van der Waals surface area (Å²) >= 11 is 8.48. The predicted molar refractivity (Wildman–Crippen MR) is 88.0 cm³/mol. The maximum Gasteiger partial charge on any atom is 0.434 e. The number of nitrogens with one attached hydrogen (secondary N) is 1. The van der Waals surface area contributed by atoms with Crippen LogP contribution in [0.1, 0.15) is 28.5 Å². The SMILES string of the molecule is Cc1cccc(C(=O)N[C@@H](C)Cn2nc(Cl)c(Br)c2C(F)(F)F)c1. The molecule has 4 nitrogen and oxygen atoms in total. The molecule has 0 fully saturated rings. The zero-order valence-corrected chi connectivity index (χ0v) is 15.1. The molecule has 0 bridgehead atoms. The van der Waals surface area contributed by atoms with Gasteiger partial charge in [-0.05, 0) is 41.9 Å². The second kappa shape index (κ2) is 7.14. The molecule has 1 aromatic carbocycles. The fourth-order valence-corrected chi connectivity index (χ4v) is 2.90. The van der Waals surface area contributed by atoms with Gasteiger partial charge in [0.2, 0.25) is 0 Å². The molecule has 0 radical (unpaired) electrons. The van der Waals surface area contributed by atoms with Gasteiger partial charge in [0, 0.05) is 11.6 Å².